The number of nitrogens with zero attached hydrogens (tertiary/aromatic N) is 1. The summed E-state index contributed by atoms with van der Waals surface area (Å²) in [6.45, 7) is 1.76. The summed E-state index contributed by atoms with van der Waals surface area (Å²) in [5.41, 5.74) is 0.986. The Morgan fingerprint density at radius 3 is 2.68 bits per heavy atom. The Kier molecular flexibility index (Phi) is 3.90. The number of aryl methyl sites for hydroxylation is 1. The maximum atomic E-state index is 13.3. The number of carbonyl (C=O) groups excluding carboxylic acids is 1. The quantitative estimate of drug-likeness (QED) is 0.855. The lowest BCUT2D eigenvalue weighted by Gasteiger charge is -2.08. The van der Waals surface area contributed by atoms with Gasteiger partial charge in [0.05, 0.1) is 5.69 Å². The van der Waals surface area contributed by atoms with Crippen LogP contribution in [-0.4, -0.2) is 10.9 Å². The molecule has 0 bridgehead atoms. The smallest absolute Gasteiger partial charge is 0.256 e. The second-order valence-electron chi connectivity index (χ2n) is 3.89. The fraction of sp³-hybridized carbons (Fsp3) is 0.0769. The van der Waals surface area contributed by atoms with Crippen molar-refractivity contribution in [2.75, 3.05) is 5.32 Å². The number of rotatable bonds is 2. The van der Waals surface area contributed by atoms with Gasteiger partial charge in [0.25, 0.3) is 5.91 Å². The van der Waals surface area contributed by atoms with Crippen molar-refractivity contribution in [1.29, 1.82) is 0 Å². The number of hydrogen-bond donors (Lipinski definition) is 1. The predicted octanol–water partition coefficient (Wildman–Crippen LogP) is 3.68. The Balaban J connectivity index is 2.28. The van der Waals surface area contributed by atoms with E-state index in [1.165, 1.54) is 0 Å². The van der Waals surface area contributed by atoms with Crippen molar-refractivity contribution in [2.45, 2.75) is 6.92 Å². The molecule has 0 aliphatic carbocycles. The van der Waals surface area contributed by atoms with Crippen LogP contribution in [0, 0.1) is 18.8 Å². The molecule has 1 aromatic heterocycles. The molecule has 0 saturated heterocycles. The average Bonchev–Trinajstić information content (AvgIpc) is 2.35. The zero-order chi connectivity index (χ0) is 14.0. The maximum Gasteiger partial charge on any atom is 0.256 e. The van der Waals surface area contributed by atoms with Gasteiger partial charge in [0.15, 0.2) is 0 Å². The Bertz CT molecular complexity index is 647. The standard InChI is InChI=1S/C13H9BrF2N2O/c1-7-2-3-8(14)6-9(7)13(19)17-10-4-5-11(15)18-12(10)16/h2-6H,1H3,(H,17,19). The minimum atomic E-state index is -1.05. The van der Waals surface area contributed by atoms with Gasteiger partial charge >= 0.3 is 0 Å². The van der Waals surface area contributed by atoms with Crippen molar-refractivity contribution >= 4 is 27.5 Å². The number of nitrogens with one attached hydrogen (secondary N) is 1. The fourth-order valence-electron chi connectivity index (χ4n) is 1.53. The van der Waals surface area contributed by atoms with Gasteiger partial charge in [-0.2, -0.15) is 13.8 Å². The van der Waals surface area contributed by atoms with E-state index in [4.69, 9.17) is 0 Å². The van der Waals surface area contributed by atoms with Crippen LogP contribution in [-0.2, 0) is 0 Å². The Morgan fingerprint density at radius 2 is 2.00 bits per heavy atom. The summed E-state index contributed by atoms with van der Waals surface area (Å²) in [5.74, 6) is -2.47. The van der Waals surface area contributed by atoms with E-state index in [9.17, 15) is 13.6 Å². The van der Waals surface area contributed by atoms with Gasteiger partial charge in [-0.25, -0.2) is 0 Å². The van der Waals surface area contributed by atoms with Crippen LogP contribution < -0.4 is 5.32 Å². The molecule has 0 saturated carbocycles. The van der Waals surface area contributed by atoms with Crippen LogP contribution in [0.5, 0.6) is 0 Å². The number of hydrogen-bond acceptors (Lipinski definition) is 2. The van der Waals surface area contributed by atoms with Gasteiger partial charge in [-0.05, 0) is 36.8 Å². The van der Waals surface area contributed by atoms with Crippen molar-refractivity contribution in [3.8, 4) is 0 Å². The molecule has 6 heteroatoms. The zero-order valence-electron chi connectivity index (χ0n) is 9.88. The molecule has 0 spiro atoms. The highest BCUT2D eigenvalue weighted by atomic mass is 79.9. The highest BCUT2D eigenvalue weighted by Crippen LogP contribution is 2.18. The van der Waals surface area contributed by atoms with Crippen LogP contribution >= 0.6 is 15.9 Å². The summed E-state index contributed by atoms with van der Waals surface area (Å²) in [6, 6.07) is 7.29. The van der Waals surface area contributed by atoms with E-state index in [0.717, 1.165) is 22.2 Å². The van der Waals surface area contributed by atoms with Crippen LogP contribution in [0.2, 0.25) is 0 Å². The van der Waals surface area contributed by atoms with Gasteiger partial charge in [0.2, 0.25) is 11.9 Å². The molecular formula is C13H9BrF2N2O. The number of aromatic nitrogens is 1. The van der Waals surface area contributed by atoms with Gasteiger partial charge in [-0.1, -0.05) is 22.0 Å². The maximum absolute atomic E-state index is 13.3. The van der Waals surface area contributed by atoms with E-state index in [1.807, 2.05) is 0 Å². The number of pyridine rings is 1. The van der Waals surface area contributed by atoms with E-state index in [-0.39, 0.29) is 5.69 Å². The normalized spacial score (nSPS) is 10.3. The topological polar surface area (TPSA) is 42.0 Å². The van der Waals surface area contributed by atoms with Crippen LogP contribution in [0.1, 0.15) is 15.9 Å². The molecule has 98 valence electrons. The van der Waals surface area contributed by atoms with Crippen molar-refractivity contribution in [3.63, 3.8) is 0 Å². The first kappa shape index (κ1) is 13.6. The van der Waals surface area contributed by atoms with Gasteiger partial charge < -0.3 is 5.32 Å². The Morgan fingerprint density at radius 1 is 1.26 bits per heavy atom. The van der Waals surface area contributed by atoms with Crippen molar-refractivity contribution in [2.24, 2.45) is 0 Å². The summed E-state index contributed by atoms with van der Waals surface area (Å²) >= 11 is 3.26. The second kappa shape index (κ2) is 5.44. The zero-order valence-corrected chi connectivity index (χ0v) is 11.5. The van der Waals surface area contributed by atoms with E-state index in [2.05, 4.69) is 26.2 Å². The second-order valence-corrected chi connectivity index (χ2v) is 4.80. The average molecular weight is 327 g/mol. The summed E-state index contributed by atoms with van der Waals surface area (Å²) in [6.07, 6.45) is 0. The van der Waals surface area contributed by atoms with E-state index >= 15 is 0 Å². The van der Waals surface area contributed by atoms with Crippen molar-refractivity contribution in [3.05, 3.63) is 57.8 Å². The van der Waals surface area contributed by atoms with E-state index < -0.39 is 17.8 Å². The molecule has 0 aliphatic rings. The lowest BCUT2D eigenvalue weighted by molar-refractivity contribution is 0.102. The summed E-state index contributed by atoms with van der Waals surface area (Å²) < 4.78 is 26.7. The van der Waals surface area contributed by atoms with Gasteiger partial charge in [-0.15, -0.1) is 0 Å². The number of benzene rings is 1. The molecule has 1 amide bonds. The molecule has 0 atom stereocenters. The molecule has 0 unspecified atom stereocenters. The molecule has 0 aliphatic heterocycles. The lowest BCUT2D eigenvalue weighted by Crippen LogP contribution is -2.15. The molecule has 0 fully saturated rings. The minimum absolute atomic E-state index is 0.161. The molecule has 19 heavy (non-hydrogen) atoms. The van der Waals surface area contributed by atoms with Crippen LogP contribution in [0.25, 0.3) is 0 Å². The van der Waals surface area contributed by atoms with Gasteiger partial charge in [0.1, 0.15) is 0 Å². The molecular weight excluding hydrogens is 318 g/mol. The first-order valence-corrected chi connectivity index (χ1v) is 6.16. The van der Waals surface area contributed by atoms with Crippen LogP contribution in [0.4, 0.5) is 14.5 Å². The fourth-order valence-corrected chi connectivity index (χ4v) is 1.89. The van der Waals surface area contributed by atoms with Crippen molar-refractivity contribution < 1.29 is 13.6 Å². The largest absolute Gasteiger partial charge is 0.318 e. The van der Waals surface area contributed by atoms with Gasteiger partial charge in [0, 0.05) is 10.0 Å². The first-order valence-electron chi connectivity index (χ1n) is 5.37. The van der Waals surface area contributed by atoms with E-state index in [1.54, 1.807) is 25.1 Å². The molecule has 1 heterocycles. The predicted molar refractivity (Wildman–Crippen MR) is 71.0 cm³/mol. The molecule has 2 aromatic rings. The SMILES string of the molecule is Cc1ccc(Br)cc1C(=O)Nc1ccc(F)nc1F. The summed E-state index contributed by atoms with van der Waals surface area (Å²) in [5, 5.41) is 2.36. The highest BCUT2D eigenvalue weighted by molar-refractivity contribution is 9.10. The van der Waals surface area contributed by atoms with Crippen molar-refractivity contribution in [1.82, 2.24) is 4.98 Å². The molecule has 0 radical (unpaired) electrons. The van der Waals surface area contributed by atoms with E-state index in [0.29, 0.717) is 5.56 Å². The minimum Gasteiger partial charge on any atom is -0.318 e. The van der Waals surface area contributed by atoms with Crippen LogP contribution in [0.3, 0.4) is 0 Å². The first-order chi connectivity index (χ1) is 8.97. The molecule has 1 aromatic carbocycles. The third-order valence-electron chi connectivity index (χ3n) is 2.51. The Hall–Kier alpha value is -1.82. The number of anilines is 1. The molecule has 1 N–H and O–H groups in total. The third-order valence-corrected chi connectivity index (χ3v) is 3.00. The summed E-state index contributed by atoms with van der Waals surface area (Å²) in [4.78, 5) is 15.0. The molecule has 3 nitrogen and oxygen atoms in total. The van der Waals surface area contributed by atoms with Crippen LogP contribution in [0.15, 0.2) is 34.8 Å². The lowest BCUT2D eigenvalue weighted by atomic mass is 10.1. The summed E-state index contributed by atoms with van der Waals surface area (Å²) in [7, 11) is 0. The monoisotopic (exact) mass is 326 g/mol. The van der Waals surface area contributed by atoms with Gasteiger partial charge in [-0.3, -0.25) is 4.79 Å². The number of halogens is 3. The number of carbonyl (C=O) groups is 1. The molecule has 2 rings (SSSR count). The Labute approximate surface area is 116 Å². The third kappa shape index (κ3) is 3.14. The highest BCUT2D eigenvalue weighted by Gasteiger charge is 2.13. The number of amides is 1.